The number of rotatable bonds is 6. The molecule has 0 aromatic heterocycles. The smallest absolute Gasteiger partial charge is 0.257 e. The molecule has 2 aliphatic rings. The first kappa shape index (κ1) is 23.2. The fraction of sp³-hybridized carbons (Fsp3) is 0.391. The van der Waals surface area contributed by atoms with Gasteiger partial charge in [0.25, 0.3) is 5.91 Å². The standard InChI is InChI=1S/C23H28N4O5S/c24-22(28)17-4-6-18(7-5-17)25-23(29)20-16-19(33(30,31)27-10-2-1-3-11-27)8-9-21(20)26-12-14-32-15-13-26/h4-9,16H,1-3,10-15H2,(H2,24,28)(H,25,29). The van der Waals surface area contributed by atoms with Crippen molar-refractivity contribution in [3.8, 4) is 0 Å². The van der Waals surface area contributed by atoms with E-state index < -0.39 is 21.8 Å². The summed E-state index contributed by atoms with van der Waals surface area (Å²) >= 11 is 0. The number of benzene rings is 2. The quantitative estimate of drug-likeness (QED) is 0.664. The molecule has 2 fully saturated rings. The number of primary amides is 1. The summed E-state index contributed by atoms with van der Waals surface area (Å²) in [5.74, 6) is -0.989. The van der Waals surface area contributed by atoms with Gasteiger partial charge in [-0.15, -0.1) is 0 Å². The molecule has 176 valence electrons. The van der Waals surface area contributed by atoms with Gasteiger partial charge in [0.1, 0.15) is 0 Å². The molecule has 2 amide bonds. The average Bonchev–Trinajstić information content (AvgIpc) is 2.85. The molecule has 0 spiro atoms. The largest absolute Gasteiger partial charge is 0.378 e. The van der Waals surface area contributed by atoms with Crippen molar-refractivity contribution in [3.63, 3.8) is 0 Å². The monoisotopic (exact) mass is 472 g/mol. The molecule has 33 heavy (non-hydrogen) atoms. The van der Waals surface area contributed by atoms with Crippen LogP contribution in [0, 0.1) is 0 Å². The molecule has 2 aliphatic heterocycles. The Balaban J connectivity index is 1.67. The molecule has 2 heterocycles. The van der Waals surface area contributed by atoms with Crippen molar-refractivity contribution in [1.29, 1.82) is 0 Å². The second-order valence-corrected chi connectivity index (χ2v) is 10.1. The number of anilines is 2. The molecule has 2 aromatic rings. The van der Waals surface area contributed by atoms with E-state index in [1.807, 2.05) is 4.90 Å². The van der Waals surface area contributed by atoms with Crippen molar-refractivity contribution >= 4 is 33.2 Å². The molecule has 4 rings (SSSR count). The minimum absolute atomic E-state index is 0.107. The summed E-state index contributed by atoms with van der Waals surface area (Å²) in [6.45, 7) is 3.24. The predicted molar refractivity (Wildman–Crippen MR) is 125 cm³/mol. The van der Waals surface area contributed by atoms with Gasteiger partial charge in [-0.05, 0) is 55.3 Å². The highest BCUT2D eigenvalue weighted by molar-refractivity contribution is 7.89. The molecular formula is C23H28N4O5S. The van der Waals surface area contributed by atoms with Crippen LogP contribution in [0.25, 0.3) is 0 Å². The molecular weight excluding hydrogens is 444 g/mol. The van der Waals surface area contributed by atoms with Gasteiger partial charge in [0.2, 0.25) is 15.9 Å². The number of carbonyl (C=O) groups is 2. The highest BCUT2D eigenvalue weighted by atomic mass is 32.2. The number of nitrogens with zero attached hydrogens (tertiary/aromatic N) is 2. The number of morpholine rings is 1. The van der Waals surface area contributed by atoms with Crippen LogP contribution in [0.3, 0.4) is 0 Å². The first-order valence-corrected chi connectivity index (χ1v) is 12.5. The molecule has 0 radical (unpaired) electrons. The minimum Gasteiger partial charge on any atom is -0.378 e. The summed E-state index contributed by atoms with van der Waals surface area (Å²) < 4.78 is 33.4. The average molecular weight is 473 g/mol. The Labute approximate surface area is 193 Å². The molecule has 0 saturated carbocycles. The van der Waals surface area contributed by atoms with Crippen LogP contribution in [-0.4, -0.2) is 63.9 Å². The normalized spacial score (nSPS) is 17.5. The Morgan fingerprint density at radius 2 is 1.58 bits per heavy atom. The Kier molecular flexibility index (Phi) is 6.96. The van der Waals surface area contributed by atoms with E-state index in [0.29, 0.717) is 56.3 Å². The molecule has 0 aliphatic carbocycles. The van der Waals surface area contributed by atoms with Crippen LogP contribution in [0.2, 0.25) is 0 Å². The van der Waals surface area contributed by atoms with Gasteiger partial charge in [-0.3, -0.25) is 9.59 Å². The van der Waals surface area contributed by atoms with Crippen molar-refractivity contribution in [2.45, 2.75) is 24.2 Å². The topological polar surface area (TPSA) is 122 Å². The molecule has 0 bridgehead atoms. The van der Waals surface area contributed by atoms with Crippen LogP contribution in [0.5, 0.6) is 0 Å². The van der Waals surface area contributed by atoms with E-state index in [1.54, 1.807) is 24.3 Å². The maximum atomic E-state index is 13.3. The Morgan fingerprint density at radius 1 is 0.909 bits per heavy atom. The summed E-state index contributed by atoms with van der Waals surface area (Å²) in [6, 6.07) is 11.0. The lowest BCUT2D eigenvalue weighted by Crippen LogP contribution is -2.38. The Hall–Kier alpha value is -2.95. The number of hydrogen-bond acceptors (Lipinski definition) is 6. The summed E-state index contributed by atoms with van der Waals surface area (Å²) in [7, 11) is -3.69. The predicted octanol–water partition coefficient (Wildman–Crippen LogP) is 2.05. The summed E-state index contributed by atoms with van der Waals surface area (Å²) in [5.41, 5.74) is 7.01. The van der Waals surface area contributed by atoms with E-state index in [9.17, 15) is 18.0 Å². The Bertz CT molecular complexity index is 1120. The number of hydrogen-bond donors (Lipinski definition) is 2. The van der Waals surface area contributed by atoms with Crippen molar-refractivity contribution in [3.05, 3.63) is 53.6 Å². The summed E-state index contributed by atoms with van der Waals surface area (Å²) in [6.07, 6.45) is 2.68. The molecule has 3 N–H and O–H groups in total. The second kappa shape index (κ2) is 9.90. The van der Waals surface area contributed by atoms with E-state index in [0.717, 1.165) is 19.3 Å². The second-order valence-electron chi connectivity index (χ2n) is 8.14. The van der Waals surface area contributed by atoms with Gasteiger partial charge >= 0.3 is 0 Å². The van der Waals surface area contributed by atoms with Gasteiger partial charge in [-0.25, -0.2) is 8.42 Å². The highest BCUT2D eigenvalue weighted by Gasteiger charge is 2.28. The third-order valence-corrected chi connectivity index (χ3v) is 7.84. The summed E-state index contributed by atoms with van der Waals surface area (Å²) in [4.78, 5) is 26.7. The fourth-order valence-electron chi connectivity index (χ4n) is 4.11. The van der Waals surface area contributed by atoms with Gasteiger partial charge in [0.15, 0.2) is 0 Å². The SMILES string of the molecule is NC(=O)c1ccc(NC(=O)c2cc(S(=O)(=O)N3CCCCC3)ccc2N2CCOCC2)cc1. The maximum Gasteiger partial charge on any atom is 0.257 e. The number of nitrogens with two attached hydrogens (primary N) is 1. The first-order valence-electron chi connectivity index (χ1n) is 11.0. The maximum absolute atomic E-state index is 13.3. The van der Waals surface area contributed by atoms with Gasteiger partial charge in [-0.1, -0.05) is 6.42 Å². The van der Waals surface area contributed by atoms with Gasteiger partial charge in [-0.2, -0.15) is 4.31 Å². The van der Waals surface area contributed by atoms with Crippen LogP contribution in [0.15, 0.2) is 47.4 Å². The lowest BCUT2D eigenvalue weighted by Gasteiger charge is -2.31. The van der Waals surface area contributed by atoms with Crippen LogP contribution < -0.4 is 16.0 Å². The van der Waals surface area contributed by atoms with Crippen molar-refractivity contribution in [2.24, 2.45) is 5.73 Å². The molecule has 0 unspecified atom stereocenters. The van der Waals surface area contributed by atoms with Crippen LogP contribution in [0.4, 0.5) is 11.4 Å². The summed E-state index contributed by atoms with van der Waals surface area (Å²) in [5, 5.41) is 2.80. The minimum atomic E-state index is -3.69. The number of piperidine rings is 1. The zero-order valence-corrected chi connectivity index (χ0v) is 19.1. The van der Waals surface area contributed by atoms with Crippen molar-refractivity contribution in [2.75, 3.05) is 49.6 Å². The van der Waals surface area contributed by atoms with Crippen LogP contribution in [-0.2, 0) is 14.8 Å². The number of amides is 2. The number of sulfonamides is 1. The molecule has 2 aromatic carbocycles. The Morgan fingerprint density at radius 3 is 2.21 bits per heavy atom. The lowest BCUT2D eigenvalue weighted by atomic mass is 10.1. The fourth-order valence-corrected chi connectivity index (χ4v) is 5.65. The molecule has 9 nitrogen and oxygen atoms in total. The van der Waals surface area contributed by atoms with E-state index in [4.69, 9.17) is 10.5 Å². The highest BCUT2D eigenvalue weighted by Crippen LogP contribution is 2.29. The van der Waals surface area contributed by atoms with Crippen molar-refractivity contribution < 1.29 is 22.7 Å². The third-order valence-electron chi connectivity index (χ3n) is 5.94. The van der Waals surface area contributed by atoms with Crippen LogP contribution in [0.1, 0.15) is 40.0 Å². The third kappa shape index (κ3) is 5.18. The number of nitrogens with one attached hydrogen (secondary N) is 1. The van der Waals surface area contributed by atoms with Crippen LogP contribution >= 0.6 is 0 Å². The van der Waals surface area contributed by atoms with Gasteiger partial charge < -0.3 is 20.7 Å². The molecule has 10 heteroatoms. The zero-order chi connectivity index (χ0) is 23.4. The molecule has 2 saturated heterocycles. The zero-order valence-electron chi connectivity index (χ0n) is 18.3. The number of ether oxygens (including phenoxy) is 1. The first-order chi connectivity index (χ1) is 15.9. The lowest BCUT2D eigenvalue weighted by molar-refractivity contribution is 0.0998. The molecule has 0 atom stereocenters. The van der Waals surface area contributed by atoms with E-state index in [1.165, 1.54) is 22.5 Å². The van der Waals surface area contributed by atoms with Crippen molar-refractivity contribution in [1.82, 2.24) is 4.31 Å². The van der Waals surface area contributed by atoms with E-state index in [2.05, 4.69) is 5.32 Å². The van der Waals surface area contributed by atoms with E-state index in [-0.39, 0.29) is 10.5 Å². The number of carbonyl (C=O) groups excluding carboxylic acids is 2. The van der Waals surface area contributed by atoms with Gasteiger partial charge in [0, 0.05) is 43.1 Å². The van der Waals surface area contributed by atoms with E-state index >= 15 is 0 Å². The van der Waals surface area contributed by atoms with Gasteiger partial charge in [0.05, 0.1) is 23.7 Å².